The van der Waals surface area contributed by atoms with Gasteiger partial charge in [0.15, 0.2) is 0 Å². The molecule has 1 amide bonds. The minimum Gasteiger partial charge on any atom is -0.411 e. The van der Waals surface area contributed by atoms with Crippen LogP contribution in [0.5, 0.6) is 0 Å². The maximum absolute atomic E-state index is 12.9. The summed E-state index contributed by atoms with van der Waals surface area (Å²) < 4.78 is 37.9. The summed E-state index contributed by atoms with van der Waals surface area (Å²) in [6, 6.07) is 13.6. The number of halogens is 1. The van der Waals surface area contributed by atoms with E-state index in [2.05, 4.69) is 15.5 Å². The second-order valence-corrected chi connectivity index (χ2v) is 9.98. The van der Waals surface area contributed by atoms with Gasteiger partial charge >= 0.3 is 0 Å². The van der Waals surface area contributed by atoms with Crippen LogP contribution in [0.2, 0.25) is 5.02 Å². The summed E-state index contributed by atoms with van der Waals surface area (Å²) in [6.07, 6.45) is 0. The van der Waals surface area contributed by atoms with Gasteiger partial charge in [0, 0.05) is 24.3 Å². The number of hydrogen-bond donors (Lipinski definition) is 1. The average Bonchev–Trinajstić information content (AvgIpc) is 3.29. The van der Waals surface area contributed by atoms with Crippen LogP contribution in [0.3, 0.4) is 0 Å². The topological polar surface area (TPSA) is 115 Å². The number of aromatic nitrogens is 2. The molecular weight excluding hydrogens is 476 g/mol. The number of anilines is 1. The predicted octanol–water partition coefficient (Wildman–Crippen LogP) is 3.14. The van der Waals surface area contributed by atoms with Crippen molar-refractivity contribution >= 4 is 45.0 Å². The number of amides is 1. The highest BCUT2D eigenvalue weighted by molar-refractivity contribution is 7.99. The van der Waals surface area contributed by atoms with Gasteiger partial charge in [-0.3, -0.25) is 4.79 Å². The molecule has 2 heterocycles. The van der Waals surface area contributed by atoms with Gasteiger partial charge in [-0.2, -0.15) is 4.31 Å². The Kier molecular flexibility index (Phi) is 7.11. The van der Waals surface area contributed by atoms with Gasteiger partial charge in [-0.15, -0.1) is 10.2 Å². The van der Waals surface area contributed by atoms with Gasteiger partial charge in [-0.05, 0) is 30.3 Å². The van der Waals surface area contributed by atoms with E-state index in [-0.39, 0.29) is 39.9 Å². The Hall–Kier alpha value is -2.44. The van der Waals surface area contributed by atoms with Crippen LogP contribution in [0.1, 0.15) is 0 Å². The summed E-state index contributed by atoms with van der Waals surface area (Å²) in [6.45, 7) is 1.15. The van der Waals surface area contributed by atoms with E-state index in [0.717, 1.165) is 17.3 Å². The summed E-state index contributed by atoms with van der Waals surface area (Å²) in [7, 11) is -3.80. The van der Waals surface area contributed by atoms with E-state index in [0.29, 0.717) is 24.8 Å². The molecular formula is C20H19ClN4O5S2. The smallest absolute Gasteiger partial charge is 0.277 e. The van der Waals surface area contributed by atoms with Gasteiger partial charge in [0.1, 0.15) is 4.90 Å². The zero-order chi connectivity index (χ0) is 22.6. The maximum Gasteiger partial charge on any atom is 0.277 e. The lowest BCUT2D eigenvalue weighted by Crippen LogP contribution is -2.40. The van der Waals surface area contributed by atoms with Crippen LogP contribution in [0.25, 0.3) is 11.5 Å². The van der Waals surface area contributed by atoms with E-state index < -0.39 is 10.0 Å². The fourth-order valence-electron chi connectivity index (χ4n) is 2.99. The molecule has 1 fully saturated rings. The summed E-state index contributed by atoms with van der Waals surface area (Å²) in [5, 5.41) is 10.9. The third-order valence-electron chi connectivity index (χ3n) is 4.56. The maximum atomic E-state index is 12.9. The van der Waals surface area contributed by atoms with E-state index in [9.17, 15) is 13.2 Å². The molecule has 1 N–H and O–H groups in total. The molecule has 12 heteroatoms. The number of carbonyl (C=O) groups is 1. The molecule has 2 aromatic carbocycles. The lowest BCUT2D eigenvalue weighted by molar-refractivity contribution is -0.113. The lowest BCUT2D eigenvalue weighted by Gasteiger charge is -2.26. The first kappa shape index (κ1) is 22.7. The molecule has 0 saturated carbocycles. The van der Waals surface area contributed by atoms with Crippen molar-refractivity contribution in [3.05, 3.63) is 53.6 Å². The Balaban J connectivity index is 1.39. The largest absolute Gasteiger partial charge is 0.411 e. The van der Waals surface area contributed by atoms with Crippen molar-refractivity contribution in [2.75, 3.05) is 37.4 Å². The van der Waals surface area contributed by atoms with Crippen LogP contribution >= 0.6 is 23.4 Å². The first-order chi connectivity index (χ1) is 15.4. The second-order valence-electron chi connectivity index (χ2n) is 6.74. The molecule has 4 rings (SSSR count). The highest BCUT2D eigenvalue weighted by Gasteiger charge is 2.28. The minimum absolute atomic E-state index is 0.00456. The van der Waals surface area contributed by atoms with Crippen molar-refractivity contribution in [2.24, 2.45) is 0 Å². The molecule has 1 aliphatic rings. The van der Waals surface area contributed by atoms with Crippen LogP contribution in [-0.2, 0) is 19.6 Å². The number of thioether (sulfide) groups is 1. The van der Waals surface area contributed by atoms with Crippen LogP contribution < -0.4 is 5.32 Å². The molecule has 0 atom stereocenters. The molecule has 0 radical (unpaired) electrons. The highest BCUT2D eigenvalue weighted by Crippen LogP contribution is 2.29. The van der Waals surface area contributed by atoms with Gasteiger partial charge < -0.3 is 14.5 Å². The van der Waals surface area contributed by atoms with E-state index in [1.807, 2.05) is 30.3 Å². The summed E-state index contributed by atoms with van der Waals surface area (Å²) in [5.74, 6) is 0.0144. The van der Waals surface area contributed by atoms with Crippen LogP contribution in [0.15, 0.2) is 63.1 Å². The van der Waals surface area contributed by atoms with E-state index in [1.165, 1.54) is 16.4 Å². The van der Waals surface area contributed by atoms with Gasteiger partial charge in [0.05, 0.1) is 24.0 Å². The monoisotopic (exact) mass is 494 g/mol. The minimum atomic E-state index is -3.80. The number of sulfonamides is 1. The molecule has 0 bridgehead atoms. The Morgan fingerprint density at radius 1 is 1.12 bits per heavy atom. The first-order valence-corrected chi connectivity index (χ1v) is 12.4. The van der Waals surface area contributed by atoms with Crippen LogP contribution in [0.4, 0.5) is 5.69 Å². The zero-order valence-corrected chi connectivity index (χ0v) is 19.1. The first-order valence-electron chi connectivity index (χ1n) is 9.62. The SMILES string of the molecule is O=C(CSc1nnc(-c2ccccc2)o1)Nc1ccc(Cl)c(S(=O)(=O)N2CCOCC2)c1. The molecule has 0 unspecified atom stereocenters. The number of morpholine rings is 1. The Morgan fingerprint density at radius 2 is 1.88 bits per heavy atom. The van der Waals surface area contributed by atoms with Gasteiger partial charge in [-0.25, -0.2) is 8.42 Å². The zero-order valence-electron chi connectivity index (χ0n) is 16.7. The summed E-state index contributed by atoms with van der Waals surface area (Å²) >= 11 is 7.23. The molecule has 3 aromatic rings. The normalized spacial score (nSPS) is 14.9. The van der Waals surface area contributed by atoms with Crippen molar-refractivity contribution in [3.8, 4) is 11.5 Å². The molecule has 1 aromatic heterocycles. The predicted molar refractivity (Wildman–Crippen MR) is 120 cm³/mol. The van der Waals surface area contributed by atoms with E-state index >= 15 is 0 Å². The fourth-order valence-corrected chi connectivity index (χ4v) is 5.47. The van der Waals surface area contributed by atoms with Gasteiger partial charge in [0.25, 0.3) is 5.22 Å². The van der Waals surface area contributed by atoms with Crippen molar-refractivity contribution in [1.29, 1.82) is 0 Å². The Labute approximate surface area is 194 Å². The molecule has 9 nitrogen and oxygen atoms in total. The summed E-state index contributed by atoms with van der Waals surface area (Å²) in [4.78, 5) is 12.3. The van der Waals surface area contributed by atoms with Crippen molar-refractivity contribution < 1.29 is 22.4 Å². The van der Waals surface area contributed by atoms with Crippen molar-refractivity contribution in [3.63, 3.8) is 0 Å². The van der Waals surface area contributed by atoms with E-state index in [1.54, 1.807) is 6.07 Å². The number of benzene rings is 2. The van der Waals surface area contributed by atoms with Gasteiger partial charge in [-0.1, -0.05) is 41.6 Å². The molecule has 1 aliphatic heterocycles. The summed E-state index contributed by atoms with van der Waals surface area (Å²) in [5.41, 5.74) is 1.11. The fraction of sp³-hybridized carbons (Fsp3) is 0.250. The number of nitrogens with zero attached hydrogens (tertiary/aromatic N) is 3. The second kappa shape index (κ2) is 10.0. The molecule has 1 saturated heterocycles. The average molecular weight is 495 g/mol. The Morgan fingerprint density at radius 3 is 2.62 bits per heavy atom. The van der Waals surface area contributed by atoms with Crippen molar-refractivity contribution in [2.45, 2.75) is 10.1 Å². The van der Waals surface area contributed by atoms with Gasteiger partial charge in [0.2, 0.25) is 21.8 Å². The number of ether oxygens (including phenoxy) is 1. The number of rotatable bonds is 7. The molecule has 0 spiro atoms. The van der Waals surface area contributed by atoms with Crippen LogP contribution in [-0.4, -0.2) is 60.9 Å². The lowest BCUT2D eigenvalue weighted by atomic mass is 10.2. The molecule has 168 valence electrons. The number of nitrogens with one attached hydrogen (secondary N) is 1. The molecule has 32 heavy (non-hydrogen) atoms. The number of carbonyl (C=O) groups excluding carboxylic acids is 1. The van der Waals surface area contributed by atoms with Crippen LogP contribution in [0, 0.1) is 0 Å². The Bertz CT molecular complexity index is 1200. The highest BCUT2D eigenvalue weighted by atomic mass is 35.5. The molecule has 0 aliphatic carbocycles. The third kappa shape index (κ3) is 5.30. The quantitative estimate of drug-likeness (QED) is 0.498. The van der Waals surface area contributed by atoms with E-state index in [4.69, 9.17) is 20.8 Å². The third-order valence-corrected chi connectivity index (χ3v) is 7.76. The standard InChI is InChI=1S/C20H19ClN4O5S2/c21-16-7-6-15(12-17(16)32(27,28)25-8-10-29-11-9-25)22-18(26)13-31-20-24-23-19(30-20)14-4-2-1-3-5-14/h1-7,12H,8-11,13H2,(H,22,26). The number of hydrogen-bond acceptors (Lipinski definition) is 8. The van der Waals surface area contributed by atoms with Crippen molar-refractivity contribution in [1.82, 2.24) is 14.5 Å².